The standard InChI is InChI=1S/C32H30N2O8/c35-19-5-9-23(37)17(15-19)3-1-13-33-21-7-8-22(34-14-2-4-18-16-20(36)6-10-24(18)38)28-27(21)31(41)29-25(39)11-12-26(40)30(29)32(28)42/h5-12,15-16,33-40H,1-4,13-14H2. The first-order valence-corrected chi connectivity index (χ1v) is 13.5. The second-order valence-corrected chi connectivity index (χ2v) is 10.1. The van der Waals surface area contributed by atoms with Gasteiger partial charge in [0.05, 0.1) is 22.3 Å². The van der Waals surface area contributed by atoms with Crippen LogP contribution in [0.5, 0.6) is 34.5 Å². The minimum absolute atomic E-state index is 0.0393. The second kappa shape index (κ2) is 11.6. The third-order valence-corrected chi connectivity index (χ3v) is 7.28. The average molecular weight is 571 g/mol. The smallest absolute Gasteiger partial charge is 0.200 e. The van der Waals surface area contributed by atoms with Gasteiger partial charge in [0.2, 0.25) is 11.6 Å². The molecular formula is C32H30N2O8. The van der Waals surface area contributed by atoms with Gasteiger partial charge in [-0.15, -0.1) is 0 Å². The van der Waals surface area contributed by atoms with Crippen molar-refractivity contribution in [1.82, 2.24) is 0 Å². The van der Waals surface area contributed by atoms with Gasteiger partial charge in [-0.3, -0.25) is 9.59 Å². The van der Waals surface area contributed by atoms with Crippen LogP contribution in [0, 0.1) is 0 Å². The summed E-state index contributed by atoms with van der Waals surface area (Å²) in [6.45, 7) is 0.726. The molecule has 5 rings (SSSR count). The monoisotopic (exact) mass is 570 g/mol. The van der Waals surface area contributed by atoms with Crippen LogP contribution in [0.25, 0.3) is 0 Å². The lowest BCUT2D eigenvalue weighted by molar-refractivity contribution is 0.0975. The quantitative estimate of drug-likeness (QED) is 0.0860. The molecule has 4 aromatic rings. The number of anilines is 2. The minimum atomic E-state index is -0.616. The van der Waals surface area contributed by atoms with E-state index < -0.39 is 23.1 Å². The molecule has 1 aliphatic rings. The number of phenolic OH excluding ortho intramolecular Hbond substituents is 6. The van der Waals surface area contributed by atoms with Crippen molar-refractivity contribution in [2.45, 2.75) is 25.7 Å². The number of aromatic hydroxyl groups is 6. The lowest BCUT2D eigenvalue weighted by atomic mass is 9.81. The summed E-state index contributed by atoms with van der Waals surface area (Å²) in [7, 11) is 0. The molecule has 216 valence electrons. The average Bonchev–Trinajstić information content (AvgIpc) is 2.96. The SMILES string of the molecule is O=C1c2c(O)ccc(O)c2C(=O)c2c(NCCCc3cc(O)ccc3O)ccc(NCCCc3cc(O)ccc3O)c21. The second-order valence-electron chi connectivity index (χ2n) is 10.1. The molecule has 0 radical (unpaired) electrons. The number of hydrogen-bond donors (Lipinski definition) is 8. The van der Waals surface area contributed by atoms with Gasteiger partial charge in [0.25, 0.3) is 0 Å². The van der Waals surface area contributed by atoms with E-state index in [2.05, 4.69) is 10.6 Å². The van der Waals surface area contributed by atoms with Crippen molar-refractivity contribution in [2.75, 3.05) is 23.7 Å². The zero-order valence-corrected chi connectivity index (χ0v) is 22.5. The molecule has 0 spiro atoms. The van der Waals surface area contributed by atoms with E-state index >= 15 is 0 Å². The van der Waals surface area contributed by atoms with Gasteiger partial charge >= 0.3 is 0 Å². The highest BCUT2D eigenvalue weighted by molar-refractivity contribution is 6.33. The fraction of sp³-hybridized carbons (Fsp3) is 0.188. The predicted molar refractivity (Wildman–Crippen MR) is 156 cm³/mol. The van der Waals surface area contributed by atoms with Crippen LogP contribution < -0.4 is 10.6 Å². The fourth-order valence-corrected chi connectivity index (χ4v) is 5.21. The van der Waals surface area contributed by atoms with Gasteiger partial charge < -0.3 is 41.3 Å². The highest BCUT2D eigenvalue weighted by Crippen LogP contribution is 2.42. The largest absolute Gasteiger partial charge is 0.508 e. The molecule has 10 nitrogen and oxygen atoms in total. The molecule has 0 aliphatic heterocycles. The van der Waals surface area contributed by atoms with Crippen LogP contribution in [0.2, 0.25) is 0 Å². The molecule has 42 heavy (non-hydrogen) atoms. The molecule has 0 fully saturated rings. The fourth-order valence-electron chi connectivity index (χ4n) is 5.21. The van der Waals surface area contributed by atoms with E-state index in [1.54, 1.807) is 12.1 Å². The molecule has 0 atom stereocenters. The van der Waals surface area contributed by atoms with Gasteiger partial charge in [0.1, 0.15) is 34.5 Å². The number of phenols is 6. The molecule has 0 aromatic heterocycles. The van der Waals surface area contributed by atoms with Crippen LogP contribution in [0.1, 0.15) is 55.8 Å². The van der Waals surface area contributed by atoms with E-state index in [4.69, 9.17) is 0 Å². The Morgan fingerprint density at radius 3 is 1.26 bits per heavy atom. The van der Waals surface area contributed by atoms with Crippen molar-refractivity contribution in [3.8, 4) is 34.5 Å². The van der Waals surface area contributed by atoms with Crippen molar-refractivity contribution in [1.29, 1.82) is 0 Å². The number of hydrogen-bond acceptors (Lipinski definition) is 10. The maximum absolute atomic E-state index is 13.7. The molecule has 0 bridgehead atoms. The van der Waals surface area contributed by atoms with Gasteiger partial charge in [-0.25, -0.2) is 0 Å². The van der Waals surface area contributed by atoms with E-state index in [0.29, 0.717) is 61.3 Å². The summed E-state index contributed by atoms with van der Waals surface area (Å²) in [5.41, 5.74) is 1.46. The van der Waals surface area contributed by atoms with Crippen molar-refractivity contribution in [3.05, 3.63) is 94.0 Å². The zero-order chi connectivity index (χ0) is 30.0. The Kier molecular flexibility index (Phi) is 7.79. The van der Waals surface area contributed by atoms with Gasteiger partial charge in [-0.1, -0.05) is 0 Å². The topological polar surface area (TPSA) is 180 Å². The molecule has 0 saturated heterocycles. The maximum Gasteiger partial charge on any atom is 0.200 e. The zero-order valence-electron chi connectivity index (χ0n) is 22.5. The summed E-state index contributed by atoms with van der Waals surface area (Å²) < 4.78 is 0. The molecule has 0 saturated carbocycles. The number of carbonyl (C=O) groups is 2. The summed E-state index contributed by atoms with van der Waals surface area (Å²) in [5, 5.41) is 66.8. The first kappa shape index (κ1) is 28.2. The molecule has 10 heteroatoms. The molecule has 1 aliphatic carbocycles. The van der Waals surface area contributed by atoms with Crippen molar-refractivity contribution in [3.63, 3.8) is 0 Å². The van der Waals surface area contributed by atoms with Crippen molar-refractivity contribution >= 4 is 22.9 Å². The van der Waals surface area contributed by atoms with Gasteiger partial charge in [0, 0.05) is 24.5 Å². The van der Waals surface area contributed by atoms with Crippen LogP contribution in [0.3, 0.4) is 0 Å². The summed E-state index contributed by atoms with van der Waals surface area (Å²) in [4.78, 5) is 27.4. The Bertz CT molecular complexity index is 1580. The first-order valence-electron chi connectivity index (χ1n) is 13.5. The number of nitrogens with one attached hydrogen (secondary N) is 2. The van der Waals surface area contributed by atoms with E-state index in [1.807, 2.05) is 0 Å². The third-order valence-electron chi connectivity index (χ3n) is 7.28. The molecule has 4 aromatic carbocycles. The summed E-state index contributed by atoms with van der Waals surface area (Å²) >= 11 is 0. The van der Waals surface area contributed by atoms with E-state index in [1.165, 1.54) is 36.4 Å². The third kappa shape index (κ3) is 5.46. The Morgan fingerprint density at radius 2 is 0.857 bits per heavy atom. The molecule has 0 unspecified atom stereocenters. The first-order chi connectivity index (χ1) is 20.2. The molecular weight excluding hydrogens is 540 g/mol. The van der Waals surface area contributed by atoms with E-state index in [-0.39, 0.29) is 45.3 Å². The molecule has 0 heterocycles. The van der Waals surface area contributed by atoms with Crippen LogP contribution in [-0.4, -0.2) is 55.3 Å². The Balaban J connectivity index is 1.39. The van der Waals surface area contributed by atoms with E-state index in [0.717, 1.165) is 12.1 Å². The number of ketones is 2. The van der Waals surface area contributed by atoms with Crippen molar-refractivity contribution < 1.29 is 40.2 Å². The van der Waals surface area contributed by atoms with Crippen LogP contribution in [0.15, 0.2) is 60.7 Å². The summed E-state index contributed by atoms with van der Waals surface area (Å²) in [6, 6.07) is 14.2. The Hall–Kier alpha value is -5.38. The Labute approximate surface area is 241 Å². The maximum atomic E-state index is 13.7. The van der Waals surface area contributed by atoms with Crippen LogP contribution >= 0.6 is 0 Å². The highest BCUT2D eigenvalue weighted by Gasteiger charge is 2.37. The lowest BCUT2D eigenvalue weighted by Crippen LogP contribution is -2.25. The number of fused-ring (bicyclic) bond motifs is 2. The van der Waals surface area contributed by atoms with E-state index in [9.17, 15) is 40.2 Å². The van der Waals surface area contributed by atoms with Crippen LogP contribution in [0.4, 0.5) is 11.4 Å². The normalized spacial score (nSPS) is 12.1. The van der Waals surface area contributed by atoms with Crippen LogP contribution in [-0.2, 0) is 12.8 Å². The number of rotatable bonds is 10. The van der Waals surface area contributed by atoms with Gasteiger partial charge in [0.15, 0.2) is 0 Å². The molecule has 8 N–H and O–H groups in total. The van der Waals surface area contributed by atoms with Crippen molar-refractivity contribution in [2.24, 2.45) is 0 Å². The van der Waals surface area contributed by atoms with Gasteiger partial charge in [-0.05, 0) is 97.5 Å². The summed E-state index contributed by atoms with van der Waals surface area (Å²) in [5.74, 6) is -1.86. The Morgan fingerprint density at radius 1 is 0.476 bits per heavy atom. The minimum Gasteiger partial charge on any atom is -0.508 e. The number of benzene rings is 4. The number of carbonyl (C=O) groups excluding carboxylic acids is 2. The lowest BCUT2D eigenvalue weighted by Gasteiger charge is -2.25. The molecule has 0 amide bonds. The van der Waals surface area contributed by atoms with Gasteiger partial charge in [-0.2, -0.15) is 0 Å². The highest BCUT2D eigenvalue weighted by atomic mass is 16.3. The number of aryl methyl sites for hydroxylation is 2. The predicted octanol–water partition coefficient (Wildman–Crippen LogP) is 4.79. The summed E-state index contributed by atoms with van der Waals surface area (Å²) in [6.07, 6.45) is 1.93.